The van der Waals surface area contributed by atoms with E-state index in [1.165, 1.54) is 41.0 Å². The van der Waals surface area contributed by atoms with E-state index in [1.54, 1.807) is 24.3 Å². The molecule has 5 nitrogen and oxygen atoms in total. The van der Waals surface area contributed by atoms with Crippen LogP contribution in [-0.4, -0.2) is 21.2 Å². The maximum atomic E-state index is 13.4. The molecule has 0 aliphatic rings. The second kappa shape index (κ2) is 9.50. The van der Waals surface area contributed by atoms with Crippen molar-refractivity contribution in [3.63, 3.8) is 0 Å². The molecule has 1 N–H and O–H groups in total. The van der Waals surface area contributed by atoms with Crippen molar-refractivity contribution >= 4 is 69.1 Å². The lowest BCUT2D eigenvalue weighted by Gasteiger charge is -2.13. The number of carbonyl (C=O) groups is 1. The van der Waals surface area contributed by atoms with E-state index >= 15 is 0 Å². The van der Waals surface area contributed by atoms with Gasteiger partial charge in [-0.15, -0.1) is 0 Å². The van der Waals surface area contributed by atoms with Crippen LogP contribution >= 0.6 is 46.6 Å². The van der Waals surface area contributed by atoms with Gasteiger partial charge in [-0.2, -0.15) is 0 Å². The number of nitrogens with one attached hydrogen (secondary N) is 1. The fraction of sp³-hybridized carbons (Fsp3) is 0.0455. The first-order valence-corrected chi connectivity index (χ1v) is 11.3. The van der Waals surface area contributed by atoms with Crippen LogP contribution in [0, 0.1) is 5.82 Å². The highest BCUT2D eigenvalue weighted by molar-refractivity contribution is 7.99. The van der Waals surface area contributed by atoms with Gasteiger partial charge in [-0.3, -0.25) is 14.2 Å². The number of carbonyl (C=O) groups excluding carboxylic acids is 1. The van der Waals surface area contributed by atoms with Crippen LogP contribution in [0.5, 0.6) is 0 Å². The topological polar surface area (TPSA) is 64.0 Å². The maximum absolute atomic E-state index is 13.4. The van der Waals surface area contributed by atoms with Crippen molar-refractivity contribution in [3.8, 4) is 5.69 Å². The molecule has 4 rings (SSSR count). The summed E-state index contributed by atoms with van der Waals surface area (Å²) in [5.41, 5.74) is 0.920. The maximum Gasteiger partial charge on any atom is 0.266 e. The van der Waals surface area contributed by atoms with Gasteiger partial charge in [0.05, 0.1) is 43.1 Å². The molecule has 4 aromatic rings. The average Bonchev–Trinajstić information content (AvgIpc) is 2.77. The normalized spacial score (nSPS) is 11.0. The molecular weight excluding hydrogens is 496 g/mol. The number of amides is 1. The molecule has 0 bridgehead atoms. The molecule has 0 unspecified atom stereocenters. The fourth-order valence-electron chi connectivity index (χ4n) is 2.96. The van der Waals surface area contributed by atoms with Crippen LogP contribution < -0.4 is 10.9 Å². The molecule has 10 heteroatoms. The molecule has 0 fully saturated rings. The molecule has 1 heterocycles. The summed E-state index contributed by atoms with van der Waals surface area (Å²) in [5.74, 6) is -0.881. The molecule has 0 aliphatic carbocycles. The fourth-order valence-corrected chi connectivity index (χ4v) is 4.37. The number of hydrogen-bond acceptors (Lipinski definition) is 4. The van der Waals surface area contributed by atoms with Gasteiger partial charge < -0.3 is 5.32 Å². The Morgan fingerprint density at radius 2 is 1.69 bits per heavy atom. The standard InChI is InChI=1S/C22H13Cl3FN3O2S/c23-15-9-17(25)19(10-16(15)24)27-20(30)11-32-22-28-18-4-2-1-3-14(18)21(31)29(22)13-7-5-12(26)6-8-13/h1-10H,11H2,(H,27,30). The highest BCUT2D eigenvalue weighted by Crippen LogP contribution is 2.32. The predicted molar refractivity (Wildman–Crippen MR) is 128 cm³/mol. The SMILES string of the molecule is O=C(CSc1nc2ccccc2c(=O)n1-c1ccc(F)cc1)Nc1cc(Cl)c(Cl)cc1Cl. The van der Waals surface area contributed by atoms with Crippen LogP contribution in [0.3, 0.4) is 0 Å². The number of nitrogens with zero attached hydrogens (tertiary/aromatic N) is 2. The second-order valence-corrected chi connectivity index (χ2v) is 8.78. The number of benzene rings is 3. The van der Waals surface area contributed by atoms with Crippen molar-refractivity contribution in [2.45, 2.75) is 5.16 Å². The Hall–Kier alpha value is -2.58. The smallest absolute Gasteiger partial charge is 0.266 e. The van der Waals surface area contributed by atoms with E-state index < -0.39 is 5.82 Å². The van der Waals surface area contributed by atoms with E-state index in [0.717, 1.165) is 11.8 Å². The Kier molecular flexibility index (Phi) is 6.71. The molecule has 0 spiro atoms. The van der Waals surface area contributed by atoms with Crippen molar-refractivity contribution in [1.29, 1.82) is 0 Å². The number of fused-ring (bicyclic) bond motifs is 1. The van der Waals surface area contributed by atoms with Crippen LogP contribution in [0.4, 0.5) is 10.1 Å². The number of para-hydroxylation sites is 1. The van der Waals surface area contributed by atoms with Gasteiger partial charge in [0.2, 0.25) is 5.91 Å². The molecule has 0 radical (unpaired) electrons. The summed E-state index contributed by atoms with van der Waals surface area (Å²) >= 11 is 19.1. The van der Waals surface area contributed by atoms with Gasteiger partial charge in [-0.05, 0) is 48.5 Å². The van der Waals surface area contributed by atoms with E-state index in [0.29, 0.717) is 22.3 Å². The highest BCUT2D eigenvalue weighted by Gasteiger charge is 2.16. The molecule has 0 saturated carbocycles. The molecule has 162 valence electrons. The summed E-state index contributed by atoms with van der Waals surface area (Å²) in [4.78, 5) is 30.2. The van der Waals surface area contributed by atoms with Gasteiger partial charge in [-0.1, -0.05) is 58.7 Å². The first-order chi connectivity index (χ1) is 15.3. The molecule has 3 aromatic carbocycles. The Morgan fingerprint density at radius 1 is 1.00 bits per heavy atom. The van der Waals surface area contributed by atoms with E-state index in [4.69, 9.17) is 34.8 Å². The third-order valence-electron chi connectivity index (χ3n) is 4.45. The van der Waals surface area contributed by atoms with Gasteiger partial charge in [0.15, 0.2) is 5.16 Å². The van der Waals surface area contributed by atoms with Crippen molar-refractivity contribution in [2.75, 3.05) is 11.1 Å². The monoisotopic (exact) mass is 507 g/mol. The van der Waals surface area contributed by atoms with Crippen molar-refractivity contribution in [2.24, 2.45) is 0 Å². The lowest BCUT2D eigenvalue weighted by molar-refractivity contribution is -0.113. The lowest BCUT2D eigenvalue weighted by Crippen LogP contribution is -2.23. The summed E-state index contributed by atoms with van der Waals surface area (Å²) in [7, 11) is 0. The number of aromatic nitrogens is 2. The van der Waals surface area contributed by atoms with Crippen molar-refractivity contribution in [1.82, 2.24) is 9.55 Å². The van der Waals surface area contributed by atoms with Crippen LogP contribution in [0.15, 0.2) is 70.6 Å². The van der Waals surface area contributed by atoms with Crippen LogP contribution in [0.2, 0.25) is 15.1 Å². The van der Waals surface area contributed by atoms with Gasteiger partial charge in [0.1, 0.15) is 5.82 Å². The molecule has 32 heavy (non-hydrogen) atoms. The number of rotatable bonds is 5. The van der Waals surface area contributed by atoms with E-state index in [2.05, 4.69) is 10.3 Å². The van der Waals surface area contributed by atoms with Crippen LogP contribution in [-0.2, 0) is 4.79 Å². The molecule has 0 saturated heterocycles. The molecule has 0 aliphatic heterocycles. The van der Waals surface area contributed by atoms with Gasteiger partial charge in [0.25, 0.3) is 5.56 Å². The number of thioether (sulfide) groups is 1. The third-order valence-corrected chi connectivity index (χ3v) is 6.42. The number of halogens is 4. The highest BCUT2D eigenvalue weighted by atomic mass is 35.5. The zero-order chi connectivity index (χ0) is 22.8. The minimum Gasteiger partial charge on any atom is -0.324 e. The van der Waals surface area contributed by atoms with Gasteiger partial charge in [-0.25, -0.2) is 9.37 Å². The van der Waals surface area contributed by atoms with Gasteiger partial charge in [0, 0.05) is 0 Å². The van der Waals surface area contributed by atoms with Gasteiger partial charge >= 0.3 is 0 Å². The molecule has 0 atom stereocenters. The van der Waals surface area contributed by atoms with E-state index in [1.807, 2.05) is 0 Å². The van der Waals surface area contributed by atoms with E-state index in [9.17, 15) is 14.0 Å². The lowest BCUT2D eigenvalue weighted by atomic mass is 10.2. The Labute approximate surface area is 201 Å². The summed E-state index contributed by atoms with van der Waals surface area (Å²) in [6, 6.07) is 15.2. The summed E-state index contributed by atoms with van der Waals surface area (Å²) in [6.45, 7) is 0. The Morgan fingerprint density at radius 3 is 2.44 bits per heavy atom. The third kappa shape index (κ3) is 4.76. The average molecular weight is 509 g/mol. The molecular formula is C22H13Cl3FN3O2S. The number of hydrogen-bond donors (Lipinski definition) is 1. The largest absolute Gasteiger partial charge is 0.324 e. The first kappa shape index (κ1) is 22.6. The minimum absolute atomic E-state index is 0.0669. The summed E-state index contributed by atoms with van der Waals surface area (Å²) in [5, 5.41) is 4.13. The Bertz CT molecular complexity index is 1390. The molecule has 1 aromatic heterocycles. The van der Waals surface area contributed by atoms with Crippen LogP contribution in [0.1, 0.15) is 0 Å². The predicted octanol–water partition coefficient (Wildman–Crippen LogP) is 6.22. The van der Waals surface area contributed by atoms with Crippen molar-refractivity contribution < 1.29 is 9.18 Å². The zero-order valence-corrected chi connectivity index (χ0v) is 19.2. The second-order valence-electron chi connectivity index (χ2n) is 6.61. The van der Waals surface area contributed by atoms with Crippen molar-refractivity contribution in [3.05, 3.63) is 91.9 Å². The van der Waals surface area contributed by atoms with E-state index in [-0.39, 0.29) is 37.4 Å². The first-order valence-electron chi connectivity index (χ1n) is 9.18. The Balaban J connectivity index is 1.66. The summed E-state index contributed by atoms with van der Waals surface area (Å²) in [6.07, 6.45) is 0. The zero-order valence-electron chi connectivity index (χ0n) is 16.1. The van der Waals surface area contributed by atoms with Crippen LogP contribution in [0.25, 0.3) is 16.6 Å². The summed E-state index contributed by atoms with van der Waals surface area (Å²) < 4.78 is 14.8. The minimum atomic E-state index is -0.428. The quantitative estimate of drug-likeness (QED) is 0.198. The number of anilines is 1. The molecule has 1 amide bonds.